The summed E-state index contributed by atoms with van der Waals surface area (Å²) in [4.78, 5) is 11.9. The van der Waals surface area contributed by atoms with Crippen LogP contribution in [0.4, 0.5) is 0 Å². The molecule has 1 aromatic carbocycles. The van der Waals surface area contributed by atoms with Crippen LogP contribution in [0, 0.1) is 0 Å². The highest BCUT2D eigenvalue weighted by Gasteiger charge is 2.19. The zero-order valence-corrected chi connectivity index (χ0v) is 11.3. The van der Waals surface area contributed by atoms with Gasteiger partial charge in [0.25, 0.3) is 5.91 Å². The Labute approximate surface area is 108 Å². The zero-order valence-electron chi connectivity index (χ0n) is 11.3. The maximum atomic E-state index is 11.9. The molecule has 0 aromatic heterocycles. The van der Waals surface area contributed by atoms with Crippen LogP contribution < -0.4 is 11.1 Å². The van der Waals surface area contributed by atoms with E-state index in [2.05, 4.69) is 5.32 Å². The van der Waals surface area contributed by atoms with E-state index in [1.54, 1.807) is 18.2 Å². The number of carbonyl (C=O) groups excluding carboxylic acids is 1. The van der Waals surface area contributed by atoms with Crippen LogP contribution in [-0.2, 0) is 5.41 Å². The molecular formula is C14H22N2O2. The van der Waals surface area contributed by atoms with Crippen molar-refractivity contribution in [2.75, 3.05) is 13.1 Å². The Morgan fingerprint density at radius 1 is 1.39 bits per heavy atom. The minimum Gasteiger partial charge on any atom is -0.508 e. The Bertz CT molecular complexity index is 422. The largest absolute Gasteiger partial charge is 0.508 e. The number of nitrogens with one attached hydrogen (secondary N) is 1. The van der Waals surface area contributed by atoms with Gasteiger partial charge in [0.2, 0.25) is 0 Å². The zero-order chi connectivity index (χ0) is 13.8. The van der Waals surface area contributed by atoms with E-state index < -0.39 is 0 Å². The number of benzene rings is 1. The van der Waals surface area contributed by atoms with Crippen LogP contribution in [0.15, 0.2) is 18.2 Å². The van der Waals surface area contributed by atoms with E-state index >= 15 is 0 Å². The molecule has 0 aliphatic heterocycles. The fourth-order valence-electron chi connectivity index (χ4n) is 1.68. The van der Waals surface area contributed by atoms with Gasteiger partial charge in [0, 0.05) is 17.7 Å². The number of phenols is 1. The molecule has 100 valence electrons. The maximum Gasteiger partial charge on any atom is 0.251 e. The Hall–Kier alpha value is -1.55. The lowest BCUT2D eigenvalue weighted by atomic mass is 9.85. The summed E-state index contributed by atoms with van der Waals surface area (Å²) in [6.07, 6.45) is 0.760. The van der Waals surface area contributed by atoms with Gasteiger partial charge < -0.3 is 16.2 Å². The second-order valence-electron chi connectivity index (χ2n) is 5.38. The third-order valence-electron chi connectivity index (χ3n) is 2.73. The summed E-state index contributed by atoms with van der Waals surface area (Å²) in [6, 6.07) is 4.94. The van der Waals surface area contributed by atoms with Crippen LogP contribution in [0.25, 0.3) is 0 Å². The first-order chi connectivity index (χ1) is 8.36. The molecule has 0 unspecified atom stereocenters. The van der Waals surface area contributed by atoms with Gasteiger partial charge in [-0.2, -0.15) is 0 Å². The van der Waals surface area contributed by atoms with Gasteiger partial charge in [-0.1, -0.05) is 20.8 Å². The molecule has 0 bridgehead atoms. The highest BCUT2D eigenvalue weighted by molar-refractivity contribution is 5.94. The summed E-state index contributed by atoms with van der Waals surface area (Å²) in [5.41, 5.74) is 6.51. The summed E-state index contributed by atoms with van der Waals surface area (Å²) < 4.78 is 0. The summed E-state index contributed by atoms with van der Waals surface area (Å²) in [7, 11) is 0. The second-order valence-corrected chi connectivity index (χ2v) is 5.38. The molecule has 0 radical (unpaired) electrons. The van der Waals surface area contributed by atoms with Crippen LogP contribution in [0.2, 0.25) is 0 Å². The molecule has 0 saturated heterocycles. The van der Waals surface area contributed by atoms with E-state index in [-0.39, 0.29) is 17.1 Å². The van der Waals surface area contributed by atoms with E-state index in [1.165, 1.54) is 0 Å². The van der Waals surface area contributed by atoms with Gasteiger partial charge in [-0.15, -0.1) is 0 Å². The lowest BCUT2D eigenvalue weighted by Crippen LogP contribution is -2.26. The molecule has 0 fully saturated rings. The van der Waals surface area contributed by atoms with Crippen molar-refractivity contribution in [1.29, 1.82) is 0 Å². The molecule has 1 rings (SSSR count). The highest BCUT2D eigenvalue weighted by Crippen LogP contribution is 2.31. The van der Waals surface area contributed by atoms with Gasteiger partial charge in [-0.25, -0.2) is 0 Å². The molecule has 0 saturated carbocycles. The minimum atomic E-state index is -0.197. The van der Waals surface area contributed by atoms with E-state index in [0.29, 0.717) is 18.7 Å². The lowest BCUT2D eigenvalue weighted by Gasteiger charge is -2.21. The molecule has 4 nitrogen and oxygen atoms in total. The molecule has 0 aliphatic carbocycles. The Kier molecular flexibility index (Phi) is 4.73. The van der Waals surface area contributed by atoms with Crippen LogP contribution >= 0.6 is 0 Å². The summed E-state index contributed by atoms with van der Waals surface area (Å²) >= 11 is 0. The summed E-state index contributed by atoms with van der Waals surface area (Å²) in [5.74, 6) is 0.0926. The Morgan fingerprint density at radius 3 is 2.61 bits per heavy atom. The molecular weight excluding hydrogens is 228 g/mol. The van der Waals surface area contributed by atoms with E-state index in [9.17, 15) is 9.90 Å². The number of hydrogen-bond donors (Lipinski definition) is 3. The van der Waals surface area contributed by atoms with Crippen molar-refractivity contribution in [1.82, 2.24) is 5.32 Å². The van der Waals surface area contributed by atoms with Gasteiger partial charge in [-0.05, 0) is 36.6 Å². The van der Waals surface area contributed by atoms with Gasteiger partial charge >= 0.3 is 0 Å². The van der Waals surface area contributed by atoms with Crippen LogP contribution in [0.3, 0.4) is 0 Å². The maximum absolute atomic E-state index is 11.9. The number of amides is 1. The predicted octanol–water partition coefficient (Wildman–Crippen LogP) is 1.77. The van der Waals surface area contributed by atoms with Crippen LogP contribution in [-0.4, -0.2) is 24.1 Å². The van der Waals surface area contributed by atoms with Gasteiger partial charge in [0.15, 0.2) is 0 Å². The molecule has 0 spiro atoms. The predicted molar refractivity (Wildman–Crippen MR) is 72.8 cm³/mol. The number of phenolic OH excluding ortho intramolecular Hbond substituents is 1. The molecule has 4 heteroatoms. The molecule has 0 atom stereocenters. The van der Waals surface area contributed by atoms with Crippen molar-refractivity contribution in [3.05, 3.63) is 29.3 Å². The molecule has 1 amide bonds. The first kappa shape index (κ1) is 14.5. The third-order valence-corrected chi connectivity index (χ3v) is 2.73. The number of nitrogens with two attached hydrogens (primary N) is 1. The first-order valence-corrected chi connectivity index (χ1v) is 6.18. The number of rotatable bonds is 4. The average Bonchev–Trinajstić information content (AvgIpc) is 2.28. The Balaban J connectivity index is 2.88. The van der Waals surface area contributed by atoms with E-state index in [1.807, 2.05) is 20.8 Å². The van der Waals surface area contributed by atoms with E-state index in [0.717, 1.165) is 12.0 Å². The fourth-order valence-corrected chi connectivity index (χ4v) is 1.68. The van der Waals surface area contributed by atoms with E-state index in [4.69, 9.17) is 5.73 Å². The highest BCUT2D eigenvalue weighted by atomic mass is 16.3. The molecule has 1 aromatic rings. The lowest BCUT2D eigenvalue weighted by molar-refractivity contribution is 0.0953. The van der Waals surface area contributed by atoms with Gasteiger partial charge in [-0.3, -0.25) is 4.79 Å². The number of carbonyl (C=O) groups is 1. The summed E-state index contributed by atoms with van der Waals surface area (Å²) in [5, 5.41) is 12.6. The fraction of sp³-hybridized carbons (Fsp3) is 0.500. The van der Waals surface area contributed by atoms with Crippen molar-refractivity contribution in [2.24, 2.45) is 5.73 Å². The summed E-state index contributed by atoms with van der Waals surface area (Å²) in [6.45, 7) is 7.12. The van der Waals surface area contributed by atoms with Crippen molar-refractivity contribution in [3.63, 3.8) is 0 Å². The van der Waals surface area contributed by atoms with Crippen molar-refractivity contribution < 1.29 is 9.90 Å². The molecule has 18 heavy (non-hydrogen) atoms. The number of hydrogen-bond acceptors (Lipinski definition) is 3. The van der Waals surface area contributed by atoms with Crippen molar-refractivity contribution >= 4 is 5.91 Å². The SMILES string of the molecule is CC(C)(C)c1cc(C(=O)NCCCN)ccc1O. The smallest absolute Gasteiger partial charge is 0.251 e. The second kappa shape index (κ2) is 5.87. The standard InChI is InChI=1S/C14H22N2O2/c1-14(2,3)11-9-10(5-6-12(11)17)13(18)16-8-4-7-15/h5-6,9,17H,4,7-8,15H2,1-3H3,(H,16,18). The van der Waals surface area contributed by atoms with Gasteiger partial charge in [0.1, 0.15) is 5.75 Å². The minimum absolute atomic E-state index is 0.131. The quantitative estimate of drug-likeness (QED) is 0.713. The molecule has 4 N–H and O–H groups in total. The van der Waals surface area contributed by atoms with Crippen molar-refractivity contribution in [3.8, 4) is 5.75 Å². The Morgan fingerprint density at radius 2 is 2.06 bits per heavy atom. The first-order valence-electron chi connectivity index (χ1n) is 6.18. The van der Waals surface area contributed by atoms with Gasteiger partial charge in [0.05, 0.1) is 0 Å². The third kappa shape index (κ3) is 3.74. The number of aromatic hydroxyl groups is 1. The normalized spacial score (nSPS) is 11.3. The topological polar surface area (TPSA) is 75.4 Å². The van der Waals surface area contributed by atoms with Crippen LogP contribution in [0.5, 0.6) is 5.75 Å². The molecule has 0 heterocycles. The van der Waals surface area contributed by atoms with Crippen LogP contribution in [0.1, 0.15) is 43.1 Å². The van der Waals surface area contributed by atoms with Crippen molar-refractivity contribution in [2.45, 2.75) is 32.6 Å². The molecule has 0 aliphatic rings. The average molecular weight is 250 g/mol. The monoisotopic (exact) mass is 250 g/mol.